The van der Waals surface area contributed by atoms with Crippen molar-refractivity contribution in [2.75, 3.05) is 0 Å². The number of carboxylic acids is 1. The quantitative estimate of drug-likeness (QED) is 0.787. The zero-order valence-electron chi connectivity index (χ0n) is 9.23. The van der Waals surface area contributed by atoms with Crippen molar-refractivity contribution in [1.29, 1.82) is 0 Å². The molecule has 0 unspecified atom stereocenters. The van der Waals surface area contributed by atoms with E-state index in [4.69, 9.17) is 5.11 Å². The summed E-state index contributed by atoms with van der Waals surface area (Å²) in [6, 6.07) is 9.86. The Hall–Kier alpha value is -1.57. The fourth-order valence-corrected chi connectivity index (χ4v) is 2.44. The highest BCUT2D eigenvalue weighted by molar-refractivity contribution is 5.90. The lowest BCUT2D eigenvalue weighted by atomic mass is 9.91. The van der Waals surface area contributed by atoms with Crippen molar-refractivity contribution in [1.82, 2.24) is 0 Å². The van der Waals surface area contributed by atoms with Crippen LogP contribution in [0.15, 0.2) is 36.4 Å². The van der Waals surface area contributed by atoms with Crippen LogP contribution in [-0.4, -0.2) is 11.1 Å². The Morgan fingerprint density at radius 1 is 1.19 bits per heavy atom. The number of rotatable bonds is 3. The number of carbonyl (C=O) groups is 1. The molecule has 0 spiro atoms. The average molecular weight is 216 g/mol. The summed E-state index contributed by atoms with van der Waals surface area (Å²) < 4.78 is 0. The van der Waals surface area contributed by atoms with Gasteiger partial charge in [-0.3, -0.25) is 0 Å². The molecule has 0 saturated heterocycles. The van der Waals surface area contributed by atoms with Crippen molar-refractivity contribution in [3.05, 3.63) is 42.0 Å². The number of allylic oxidation sites excluding steroid dienone is 1. The summed E-state index contributed by atoms with van der Waals surface area (Å²) >= 11 is 0. The van der Waals surface area contributed by atoms with Crippen LogP contribution < -0.4 is 0 Å². The van der Waals surface area contributed by atoms with E-state index in [0.29, 0.717) is 5.92 Å². The van der Waals surface area contributed by atoms with Gasteiger partial charge in [0.2, 0.25) is 0 Å². The van der Waals surface area contributed by atoms with E-state index >= 15 is 0 Å². The normalized spacial score (nSPS) is 17.6. The van der Waals surface area contributed by atoms with Gasteiger partial charge >= 0.3 is 5.97 Å². The molecule has 2 heteroatoms. The average Bonchev–Trinajstić information content (AvgIpc) is 2.80. The van der Waals surface area contributed by atoms with Crippen molar-refractivity contribution in [3.8, 4) is 0 Å². The van der Waals surface area contributed by atoms with Crippen LogP contribution in [0, 0.1) is 5.92 Å². The maximum atomic E-state index is 10.9. The maximum Gasteiger partial charge on any atom is 0.328 e. The second-order valence-electron chi connectivity index (χ2n) is 4.29. The zero-order valence-corrected chi connectivity index (χ0v) is 9.23. The smallest absolute Gasteiger partial charge is 0.328 e. The lowest BCUT2D eigenvalue weighted by Crippen LogP contribution is -2.01. The summed E-state index contributed by atoms with van der Waals surface area (Å²) in [6.07, 6.45) is 6.05. The number of hydrogen-bond donors (Lipinski definition) is 1. The fraction of sp³-hybridized carbons (Fsp3) is 0.357. The predicted molar refractivity (Wildman–Crippen MR) is 64.0 cm³/mol. The number of benzene rings is 1. The molecule has 1 aromatic rings. The third-order valence-electron chi connectivity index (χ3n) is 3.18. The Morgan fingerprint density at radius 2 is 1.81 bits per heavy atom. The van der Waals surface area contributed by atoms with Gasteiger partial charge in [-0.15, -0.1) is 0 Å². The molecule has 1 aromatic carbocycles. The van der Waals surface area contributed by atoms with Gasteiger partial charge in [-0.05, 0) is 29.9 Å². The van der Waals surface area contributed by atoms with Crippen molar-refractivity contribution >= 4 is 11.5 Å². The molecule has 1 N–H and O–H groups in total. The SMILES string of the molecule is O=C(O)/C=C(/c1ccccc1)C1CCCC1. The zero-order chi connectivity index (χ0) is 11.4. The molecule has 0 bridgehead atoms. The van der Waals surface area contributed by atoms with Crippen LogP contribution in [0.4, 0.5) is 0 Å². The van der Waals surface area contributed by atoms with Crippen molar-refractivity contribution in [2.24, 2.45) is 5.92 Å². The molecule has 1 aliphatic rings. The van der Waals surface area contributed by atoms with Gasteiger partial charge in [-0.2, -0.15) is 0 Å². The molecule has 2 rings (SSSR count). The molecule has 1 saturated carbocycles. The topological polar surface area (TPSA) is 37.3 Å². The van der Waals surface area contributed by atoms with E-state index in [1.165, 1.54) is 18.9 Å². The first-order chi connectivity index (χ1) is 7.77. The summed E-state index contributed by atoms with van der Waals surface area (Å²) in [5.74, 6) is -0.413. The number of carboxylic acid groups (broad SMARTS) is 1. The second-order valence-corrected chi connectivity index (χ2v) is 4.29. The third-order valence-corrected chi connectivity index (χ3v) is 3.18. The van der Waals surface area contributed by atoms with E-state index in [-0.39, 0.29) is 0 Å². The van der Waals surface area contributed by atoms with Gasteiger partial charge in [0, 0.05) is 6.08 Å². The molecule has 0 aliphatic heterocycles. The van der Waals surface area contributed by atoms with Crippen LogP contribution >= 0.6 is 0 Å². The summed E-state index contributed by atoms with van der Waals surface area (Å²) in [5.41, 5.74) is 2.04. The first kappa shape index (κ1) is 10.9. The Bertz CT molecular complexity index is 386. The Kier molecular flexibility index (Phi) is 3.40. The van der Waals surface area contributed by atoms with Crippen LogP contribution in [0.3, 0.4) is 0 Å². The number of hydrogen-bond acceptors (Lipinski definition) is 1. The maximum absolute atomic E-state index is 10.9. The summed E-state index contributed by atoms with van der Waals surface area (Å²) in [5, 5.41) is 8.93. The highest BCUT2D eigenvalue weighted by Gasteiger charge is 2.21. The molecule has 1 aliphatic carbocycles. The fourth-order valence-electron chi connectivity index (χ4n) is 2.44. The first-order valence-electron chi connectivity index (χ1n) is 5.77. The highest BCUT2D eigenvalue weighted by Crippen LogP contribution is 2.36. The third kappa shape index (κ3) is 2.51. The van der Waals surface area contributed by atoms with E-state index in [1.807, 2.05) is 30.3 Å². The van der Waals surface area contributed by atoms with Gasteiger partial charge in [0.25, 0.3) is 0 Å². The van der Waals surface area contributed by atoms with E-state index in [2.05, 4.69) is 0 Å². The lowest BCUT2D eigenvalue weighted by molar-refractivity contribution is -0.131. The van der Waals surface area contributed by atoms with Gasteiger partial charge < -0.3 is 5.11 Å². The minimum Gasteiger partial charge on any atom is -0.478 e. The molecular formula is C14H16O2. The minimum absolute atomic E-state index is 0.429. The Morgan fingerprint density at radius 3 is 2.38 bits per heavy atom. The molecule has 16 heavy (non-hydrogen) atoms. The number of aliphatic carboxylic acids is 1. The van der Waals surface area contributed by atoms with Crippen molar-refractivity contribution < 1.29 is 9.90 Å². The van der Waals surface area contributed by atoms with Crippen LogP contribution in [-0.2, 0) is 4.79 Å². The molecule has 0 radical (unpaired) electrons. The van der Waals surface area contributed by atoms with Gasteiger partial charge in [-0.1, -0.05) is 43.2 Å². The molecule has 2 nitrogen and oxygen atoms in total. The standard InChI is InChI=1S/C14H16O2/c15-14(16)10-13(12-8-4-5-9-12)11-6-2-1-3-7-11/h1-3,6-7,10,12H,4-5,8-9H2,(H,15,16)/b13-10-. The van der Waals surface area contributed by atoms with E-state index < -0.39 is 5.97 Å². The minimum atomic E-state index is -0.842. The van der Waals surface area contributed by atoms with Crippen LogP contribution in [0.1, 0.15) is 31.2 Å². The molecule has 0 amide bonds. The van der Waals surface area contributed by atoms with Crippen LogP contribution in [0.25, 0.3) is 5.57 Å². The molecule has 84 valence electrons. The molecule has 0 heterocycles. The lowest BCUT2D eigenvalue weighted by Gasteiger charge is -2.14. The monoisotopic (exact) mass is 216 g/mol. The Labute approximate surface area is 95.6 Å². The predicted octanol–water partition coefficient (Wildman–Crippen LogP) is 3.34. The largest absolute Gasteiger partial charge is 0.478 e. The molecule has 0 aromatic heterocycles. The molecular weight excluding hydrogens is 200 g/mol. The summed E-state index contributed by atoms with van der Waals surface area (Å²) in [6.45, 7) is 0. The van der Waals surface area contributed by atoms with Gasteiger partial charge in [0.05, 0.1) is 0 Å². The highest BCUT2D eigenvalue weighted by atomic mass is 16.4. The van der Waals surface area contributed by atoms with Gasteiger partial charge in [0.1, 0.15) is 0 Å². The summed E-state index contributed by atoms with van der Waals surface area (Å²) in [4.78, 5) is 10.9. The van der Waals surface area contributed by atoms with Crippen molar-refractivity contribution in [3.63, 3.8) is 0 Å². The molecule has 0 atom stereocenters. The van der Waals surface area contributed by atoms with E-state index in [0.717, 1.165) is 24.0 Å². The second kappa shape index (κ2) is 4.97. The first-order valence-corrected chi connectivity index (χ1v) is 5.77. The van der Waals surface area contributed by atoms with Crippen LogP contribution in [0.2, 0.25) is 0 Å². The van der Waals surface area contributed by atoms with Crippen molar-refractivity contribution in [2.45, 2.75) is 25.7 Å². The summed E-state index contributed by atoms with van der Waals surface area (Å²) in [7, 11) is 0. The van der Waals surface area contributed by atoms with E-state index in [9.17, 15) is 4.79 Å². The Balaban J connectivity index is 2.31. The van der Waals surface area contributed by atoms with E-state index in [1.54, 1.807) is 0 Å². The van der Waals surface area contributed by atoms with Gasteiger partial charge in [0.15, 0.2) is 0 Å². The molecule has 1 fully saturated rings. The van der Waals surface area contributed by atoms with Crippen LogP contribution in [0.5, 0.6) is 0 Å². The van der Waals surface area contributed by atoms with Gasteiger partial charge in [-0.25, -0.2) is 4.79 Å².